The number of hydrogen-bond donors (Lipinski definition) is 2. The third-order valence-corrected chi connectivity index (χ3v) is 5.54. The molecule has 0 atom stereocenters. The second-order valence-corrected chi connectivity index (χ2v) is 8.10. The molecular weight excluding hydrogens is 376 g/mol. The molecule has 132 valence electrons. The Morgan fingerprint density at radius 3 is 3.12 bits per heavy atom. The van der Waals surface area contributed by atoms with Gasteiger partial charge in [-0.1, -0.05) is 24.8 Å². The van der Waals surface area contributed by atoms with Crippen LogP contribution in [0.1, 0.15) is 11.8 Å². The minimum absolute atomic E-state index is 0.153. The maximum atomic E-state index is 8.94. The fraction of sp³-hybridized carbons (Fsp3) is 0.333. The summed E-state index contributed by atoms with van der Waals surface area (Å²) in [7, 11) is 0. The normalized spacial score (nSPS) is 11.6. The summed E-state index contributed by atoms with van der Waals surface area (Å²) in [5.41, 5.74) is 3.79. The molecule has 0 unspecified atom stereocenters. The number of anilines is 1. The fourth-order valence-corrected chi connectivity index (χ4v) is 3.82. The van der Waals surface area contributed by atoms with Crippen LogP contribution >= 0.6 is 34.9 Å². The summed E-state index contributed by atoms with van der Waals surface area (Å²) in [6, 6.07) is 3.99. The van der Waals surface area contributed by atoms with Crippen LogP contribution in [-0.4, -0.2) is 49.2 Å². The Labute approximate surface area is 158 Å². The van der Waals surface area contributed by atoms with E-state index in [1.54, 1.807) is 47.3 Å². The van der Waals surface area contributed by atoms with E-state index in [0.717, 1.165) is 21.7 Å². The predicted molar refractivity (Wildman–Crippen MR) is 107 cm³/mol. The van der Waals surface area contributed by atoms with E-state index in [2.05, 4.69) is 32.5 Å². The van der Waals surface area contributed by atoms with Gasteiger partial charge in [0, 0.05) is 10.6 Å². The number of fused-ring (bicyclic) bond motifs is 1. The van der Waals surface area contributed by atoms with Crippen molar-refractivity contribution in [3.63, 3.8) is 0 Å². The first-order chi connectivity index (χ1) is 12.3. The number of aliphatic hydroxyl groups is 1. The first-order valence-corrected chi connectivity index (χ1v) is 10.7. The van der Waals surface area contributed by atoms with Gasteiger partial charge in [-0.2, -0.15) is 10.2 Å². The van der Waals surface area contributed by atoms with E-state index in [1.165, 1.54) is 0 Å². The molecule has 7 nitrogen and oxygen atoms in total. The quantitative estimate of drug-likeness (QED) is 0.189. The lowest BCUT2D eigenvalue weighted by molar-refractivity contribution is 0.322. The number of aliphatic hydroxyl groups excluding tert-OH is 1. The largest absolute Gasteiger partial charge is 0.396 e. The lowest BCUT2D eigenvalue weighted by atomic mass is 10.4. The highest BCUT2D eigenvalue weighted by molar-refractivity contribution is 7.99. The summed E-state index contributed by atoms with van der Waals surface area (Å²) < 4.78 is 1.82. The molecule has 0 spiro atoms. The lowest BCUT2D eigenvalue weighted by Crippen LogP contribution is -2.03. The van der Waals surface area contributed by atoms with Gasteiger partial charge in [0.15, 0.2) is 16.6 Å². The number of nitrogens with zero attached hydrogens (tertiary/aromatic N) is 5. The number of thioether (sulfide) groups is 2. The molecule has 3 aromatic heterocycles. The zero-order valence-electron chi connectivity index (χ0n) is 13.6. The molecule has 0 aromatic carbocycles. The Kier molecular flexibility index (Phi) is 6.68. The van der Waals surface area contributed by atoms with Crippen molar-refractivity contribution in [1.29, 1.82) is 0 Å². The lowest BCUT2D eigenvalue weighted by Gasteiger charge is -2.06. The molecule has 25 heavy (non-hydrogen) atoms. The Hall–Kier alpha value is -1.62. The Morgan fingerprint density at radius 2 is 2.36 bits per heavy atom. The van der Waals surface area contributed by atoms with Crippen LogP contribution in [0, 0.1) is 0 Å². The van der Waals surface area contributed by atoms with Crippen molar-refractivity contribution in [2.45, 2.75) is 18.0 Å². The van der Waals surface area contributed by atoms with E-state index < -0.39 is 0 Å². The van der Waals surface area contributed by atoms with Gasteiger partial charge in [-0.3, -0.25) is 5.43 Å². The molecule has 0 amide bonds. The summed E-state index contributed by atoms with van der Waals surface area (Å²) in [5.74, 6) is 2.83. The second-order valence-electron chi connectivity index (χ2n) is 4.82. The van der Waals surface area contributed by atoms with Gasteiger partial charge in [-0.25, -0.2) is 14.6 Å². The van der Waals surface area contributed by atoms with Crippen LogP contribution in [0.25, 0.3) is 11.0 Å². The van der Waals surface area contributed by atoms with E-state index in [0.29, 0.717) is 22.6 Å². The van der Waals surface area contributed by atoms with Crippen LogP contribution in [-0.2, 0) is 5.88 Å². The Balaban J connectivity index is 1.87. The van der Waals surface area contributed by atoms with Gasteiger partial charge in [0.25, 0.3) is 0 Å². The minimum Gasteiger partial charge on any atom is -0.396 e. The van der Waals surface area contributed by atoms with E-state index in [9.17, 15) is 0 Å². The van der Waals surface area contributed by atoms with Gasteiger partial charge >= 0.3 is 0 Å². The molecule has 3 heterocycles. The van der Waals surface area contributed by atoms with Crippen LogP contribution in [0.15, 0.2) is 34.0 Å². The summed E-state index contributed by atoms with van der Waals surface area (Å²) in [6.07, 6.45) is 3.52. The summed E-state index contributed by atoms with van der Waals surface area (Å²) in [5, 5.41) is 21.1. The predicted octanol–water partition coefficient (Wildman–Crippen LogP) is 3.13. The van der Waals surface area contributed by atoms with Gasteiger partial charge in [-0.15, -0.1) is 23.1 Å². The molecule has 3 rings (SSSR count). The molecule has 0 saturated carbocycles. The summed E-state index contributed by atoms with van der Waals surface area (Å²) in [6.45, 7) is 2.22. The highest BCUT2D eigenvalue weighted by atomic mass is 32.2. The van der Waals surface area contributed by atoms with Crippen molar-refractivity contribution >= 4 is 57.9 Å². The van der Waals surface area contributed by atoms with E-state index in [4.69, 9.17) is 5.11 Å². The highest BCUT2D eigenvalue weighted by Gasteiger charge is 2.13. The minimum atomic E-state index is 0.153. The van der Waals surface area contributed by atoms with Crippen molar-refractivity contribution in [2.24, 2.45) is 5.10 Å². The molecule has 0 aliphatic carbocycles. The van der Waals surface area contributed by atoms with Crippen molar-refractivity contribution in [2.75, 3.05) is 23.5 Å². The number of aromatic nitrogens is 4. The van der Waals surface area contributed by atoms with Crippen molar-refractivity contribution in [3.8, 4) is 0 Å². The molecule has 0 aliphatic rings. The first kappa shape index (κ1) is 18.2. The molecule has 0 bridgehead atoms. The van der Waals surface area contributed by atoms with E-state index in [-0.39, 0.29) is 6.61 Å². The number of rotatable bonds is 9. The number of hydrazone groups is 1. The molecule has 0 fully saturated rings. The smallest absolute Gasteiger partial charge is 0.191 e. The van der Waals surface area contributed by atoms with Crippen molar-refractivity contribution < 1.29 is 5.11 Å². The molecule has 0 saturated heterocycles. The summed E-state index contributed by atoms with van der Waals surface area (Å²) in [4.78, 5) is 10.2. The van der Waals surface area contributed by atoms with Crippen molar-refractivity contribution in [1.82, 2.24) is 19.7 Å². The number of nitrogens with one attached hydrogen (secondary N) is 1. The Bertz CT molecular complexity index is 833. The Morgan fingerprint density at radius 1 is 1.44 bits per heavy atom. The van der Waals surface area contributed by atoms with E-state index in [1.807, 2.05) is 22.2 Å². The molecule has 2 N–H and O–H groups in total. The highest BCUT2D eigenvalue weighted by Crippen LogP contribution is 2.25. The third-order valence-electron chi connectivity index (χ3n) is 3.10. The number of hydrogen-bond acceptors (Lipinski definition) is 9. The van der Waals surface area contributed by atoms with Crippen LogP contribution in [0.2, 0.25) is 0 Å². The average molecular weight is 395 g/mol. The standard InChI is InChI=1S/C15H18N6OS3/c1-2-24-15-18-13(20-16-8-11-4-3-6-25-11)12-9-17-21(14(12)19-15)10-23-7-5-22/h3-4,6,8-9,22H,2,5,7,10H2,1H3,(H,18,19,20)/b16-8+. The maximum absolute atomic E-state index is 8.94. The second kappa shape index (κ2) is 9.18. The van der Waals surface area contributed by atoms with Crippen molar-refractivity contribution in [3.05, 3.63) is 28.6 Å². The van der Waals surface area contributed by atoms with Gasteiger partial charge in [0.2, 0.25) is 0 Å². The zero-order chi connectivity index (χ0) is 17.5. The molecule has 10 heteroatoms. The molecule has 3 aromatic rings. The van der Waals surface area contributed by atoms with Gasteiger partial charge in [0.1, 0.15) is 0 Å². The third kappa shape index (κ3) is 4.72. The monoisotopic (exact) mass is 394 g/mol. The van der Waals surface area contributed by atoms with Crippen LogP contribution in [0.3, 0.4) is 0 Å². The van der Waals surface area contributed by atoms with Crippen LogP contribution in [0.5, 0.6) is 0 Å². The number of thiophene rings is 1. The average Bonchev–Trinajstić information content (AvgIpc) is 3.26. The van der Waals surface area contributed by atoms with Crippen LogP contribution < -0.4 is 5.43 Å². The van der Waals surface area contributed by atoms with Crippen LogP contribution in [0.4, 0.5) is 5.82 Å². The maximum Gasteiger partial charge on any atom is 0.191 e. The fourth-order valence-electron chi connectivity index (χ4n) is 2.05. The van der Waals surface area contributed by atoms with E-state index >= 15 is 0 Å². The molecule has 0 aliphatic heterocycles. The van der Waals surface area contributed by atoms with Gasteiger partial charge < -0.3 is 5.11 Å². The SMILES string of the molecule is CCSc1nc(N/N=C/c2cccs2)c2cnn(CSCCO)c2n1. The zero-order valence-corrected chi connectivity index (χ0v) is 16.1. The topological polar surface area (TPSA) is 88.2 Å². The van der Waals surface area contributed by atoms with Gasteiger partial charge in [-0.05, 0) is 17.2 Å². The molecule has 0 radical (unpaired) electrons. The molecular formula is C15H18N6OS3. The van der Waals surface area contributed by atoms with Gasteiger partial charge in [0.05, 0.1) is 30.3 Å². The first-order valence-electron chi connectivity index (χ1n) is 7.69. The summed E-state index contributed by atoms with van der Waals surface area (Å²) >= 11 is 4.80.